The van der Waals surface area contributed by atoms with Crippen LogP contribution in [0.25, 0.3) is 0 Å². The van der Waals surface area contributed by atoms with Crippen molar-refractivity contribution in [3.8, 4) is 0 Å². The number of halogens is 1. The van der Waals surface area contributed by atoms with Gasteiger partial charge in [-0.25, -0.2) is 4.39 Å². The molecule has 0 aromatic heterocycles. The van der Waals surface area contributed by atoms with Crippen molar-refractivity contribution < 1.29 is 9.18 Å². The first-order valence-electron chi connectivity index (χ1n) is 8.05. The SMILES string of the molecule is Cc1cc(F)ccc1CC(=O)C1CCC(C(C)(C)C)CC1. The zero-order chi connectivity index (χ0) is 15.6. The van der Waals surface area contributed by atoms with Gasteiger partial charge in [0.25, 0.3) is 0 Å². The van der Waals surface area contributed by atoms with Gasteiger partial charge < -0.3 is 0 Å². The van der Waals surface area contributed by atoms with E-state index in [2.05, 4.69) is 20.8 Å². The largest absolute Gasteiger partial charge is 0.299 e. The molecule has 0 radical (unpaired) electrons. The van der Waals surface area contributed by atoms with Crippen LogP contribution < -0.4 is 0 Å². The maximum absolute atomic E-state index is 13.1. The van der Waals surface area contributed by atoms with E-state index in [-0.39, 0.29) is 11.7 Å². The molecule has 116 valence electrons. The van der Waals surface area contributed by atoms with Gasteiger partial charge in [0.05, 0.1) is 0 Å². The van der Waals surface area contributed by atoms with Crippen LogP contribution in [0, 0.1) is 30.0 Å². The van der Waals surface area contributed by atoms with Crippen LogP contribution in [0.5, 0.6) is 0 Å². The average Bonchev–Trinajstić information content (AvgIpc) is 2.41. The molecule has 1 fully saturated rings. The Morgan fingerprint density at radius 1 is 1.19 bits per heavy atom. The minimum absolute atomic E-state index is 0.202. The third kappa shape index (κ3) is 4.15. The van der Waals surface area contributed by atoms with E-state index in [4.69, 9.17) is 0 Å². The second kappa shape index (κ2) is 6.29. The summed E-state index contributed by atoms with van der Waals surface area (Å²) in [5.41, 5.74) is 2.20. The number of hydrogen-bond donors (Lipinski definition) is 0. The number of hydrogen-bond acceptors (Lipinski definition) is 1. The van der Waals surface area contributed by atoms with E-state index >= 15 is 0 Å². The Kier molecular flexibility index (Phi) is 4.85. The Balaban J connectivity index is 1.93. The van der Waals surface area contributed by atoms with Crippen molar-refractivity contribution in [3.63, 3.8) is 0 Å². The number of Topliss-reactive ketones (excluding diaryl/α,β-unsaturated/α-hetero) is 1. The van der Waals surface area contributed by atoms with Crippen LogP contribution in [0.1, 0.15) is 57.6 Å². The van der Waals surface area contributed by atoms with Crippen molar-refractivity contribution >= 4 is 5.78 Å². The first-order chi connectivity index (χ1) is 9.77. The van der Waals surface area contributed by atoms with Gasteiger partial charge >= 0.3 is 0 Å². The van der Waals surface area contributed by atoms with E-state index in [1.165, 1.54) is 12.1 Å². The van der Waals surface area contributed by atoms with Crippen LogP contribution in [-0.4, -0.2) is 5.78 Å². The predicted molar refractivity (Wildman–Crippen MR) is 84.8 cm³/mol. The van der Waals surface area contributed by atoms with E-state index in [1.54, 1.807) is 6.07 Å². The highest BCUT2D eigenvalue weighted by molar-refractivity contribution is 5.83. The molecule has 1 aromatic carbocycles. The van der Waals surface area contributed by atoms with Crippen LogP contribution in [0.15, 0.2) is 18.2 Å². The smallest absolute Gasteiger partial charge is 0.140 e. The molecule has 1 aliphatic carbocycles. The van der Waals surface area contributed by atoms with Crippen molar-refractivity contribution in [1.82, 2.24) is 0 Å². The maximum Gasteiger partial charge on any atom is 0.140 e. The number of benzene rings is 1. The quantitative estimate of drug-likeness (QED) is 0.757. The van der Waals surface area contributed by atoms with Crippen LogP contribution >= 0.6 is 0 Å². The van der Waals surface area contributed by atoms with E-state index < -0.39 is 0 Å². The van der Waals surface area contributed by atoms with Crippen molar-refractivity contribution in [2.75, 3.05) is 0 Å². The molecule has 0 spiro atoms. The Morgan fingerprint density at radius 3 is 2.33 bits per heavy atom. The number of carbonyl (C=O) groups excluding carboxylic acids is 1. The molecule has 0 unspecified atom stereocenters. The minimum Gasteiger partial charge on any atom is -0.299 e. The van der Waals surface area contributed by atoms with Gasteiger partial charge in [-0.05, 0) is 67.2 Å². The summed E-state index contributed by atoms with van der Waals surface area (Å²) in [6, 6.07) is 4.72. The molecule has 0 heterocycles. The summed E-state index contributed by atoms with van der Waals surface area (Å²) in [4.78, 5) is 12.5. The fraction of sp³-hybridized carbons (Fsp3) is 0.632. The van der Waals surface area contributed by atoms with Gasteiger partial charge in [-0.1, -0.05) is 26.8 Å². The molecular formula is C19H27FO. The molecule has 1 aromatic rings. The van der Waals surface area contributed by atoms with Crippen LogP contribution in [0.3, 0.4) is 0 Å². The molecule has 0 amide bonds. The molecule has 2 rings (SSSR count). The van der Waals surface area contributed by atoms with Gasteiger partial charge in [0, 0.05) is 12.3 Å². The zero-order valence-corrected chi connectivity index (χ0v) is 13.7. The summed E-state index contributed by atoms with van der Waals surface area (Å²) in [6.07, 6.45) is 4.80. The number of rotatable bonds is 3. The summed E-state index contributed by atoms with van der Waals surface area (Å²) < 4.78 is 13.1. The molecule has 21 heavy (non-hydrogen) atoms. The van der Waals surface area contributed by atoms with Gasteiger partial charge in [0.2, 0.25) is 0 Å². The Bertz CT molecular complexity index is 505. The van der Waals surface area contributed by atoms with Gasteiger partial charge in [0.1, 0.15) is 11.6 Å². The highest BCUT2D eigenvalue weighted by Crippen LogP contribution is 2.40. The molecular weight excluding hydrogens is 263 g/mol. The van der Waals surface area contributed by atoms with Crippen LogP contribution in [0.4, 0.5) is 4.39 Å². The lowest BCUT2D eigenvalue weighted by Gasteiger charge is -2.36. The normalized spacial score (nSPS) is 23.1. The molecule has 0 aliphatic heterocycles. The Morgan fingerprint density at radius 2 is 1.81 bits per heavy atom. The summed E-state index contributed by atoms with van der Waals surface area (Å²) in [5, 5.41) is 0. The average molecular weight is 290 g/mol. The third-order valence-corrected chi connectivity index (χ3v) is 5.08. The van der Waals surface area contributed by atoms with Crippen molar-refractivity contribution in [2.45, 2.75) is 59.8 Å². The van der Waals surface area contributed by atoms with Crippen LogP contribution in [-0.2, 0) is 11.2 Å². The number of carbonyl (C=O) groups is 1. The second-order valence-electron chi connectivity index (χ2n) is 7.63. The molecule has 0 bridgehead atoms. The Hall–Kier alpha value is -1.18. The minimum atomic E-state index is -0.227. The maximum atomic E-state index is 13.1. The number of ketones is 1. The third-order valence-electron chi connectivity index (χ3n) is 5.08. The highest BCUT2D eigenvalue weighted by atomic mass is 19.1. The van der Waals surface area contributed by atoms with E-state index in [1.807, 2.05) is 6.92 Å². The van der Waals surface area contributed by atoms with Crippen molar-refractivity contribution in [2.24, 2.45) is 17.3 Å². The van der Waals surface area contributed by atoms with Crippen LogP contribution in [0.2, 0.25) is 0 Å². The number of aryl methyl sites for hydroxylation is 1. The van der Waals surface area contributed by atoms with E-state index in [0.29, 0.717) is 17.6 Å². The Labute approximate surface area is 127 Å². The molecule has 0 N–H and O–H groups in total. The first-order valence-corrected chi connectivity index (χ1v) is 8.05. The van der Waals surface area contributed by atoms with Crippen molar-refractivity contribution in [1.29, 1.82) is 0 Å². The fourth-order valence-electron chi connectivity index (χ4n) is 3.47. The van der Waals surface area contributed by atoms with E-state index in [9.17, 15) is 9.18 Å². The van der Waals surface area contributed by atoms with Gasteiger partial charge in [-0.2, -0.15) is 0 Å². The molecule has 0 atom stereocenters. The zero-order valence-electron chi connectivity index (χ0n) is 13.7. The summed E-state index contributed by atoms with van der Waals surface area (Å²) in [7, 11) is 0. The fourth-order valence-corrected chi connectivity index (χ4v) is 3.47. The van der Waals surface area contributed by atoms with Gasteiger partial charge in [-0.3, -0.25) is 4.79 Å². The topological polar surface area (TPSA) is 17.1 Å². The highest BCUT2D eigenvalue weighted by Gasteiger charge is 2.32. The first kappa shape index (κ1) is 16.2. The lowest BCUT2D eigenvalue weighted by Crippen LogP contribution is -2.29. The molecule has 2 heteroatoms. The molecule has 1 saturated carbocycles. The molecule has 1 aliphatic rings. The predicted octanol–water partition coefficient (Wildman–Crippen LogP) is 5.10. The summed E-state index contributed by atoms with van der Waals surface area (Å²) in [5.74, 6) is 1.04. The standard InChI is InChI=1S/C19H27FO/c1-13-11-17(20)10-7-15(13)12-18(21)14-5-8-16(9-6-14)19(2,3)4/h7,10-11,14,16H,5-6,8-9,12H2,1-4H3. The van der Waals surface area contributed by atoms with Gasteiger partial charge in [0.15, 0.2) is 0 Å². The summed E-state index contributed by atoms with van der Waals surface area (Å²) in [6.45, 7) is 8.76. The molecule has 0 saturated heterocycles. The summed E-state index contributed by atoms with van der Waals surface area (Å²) >= 11 is 0. The lowest BCUT2D eigenvalue weighted by molar-refractivity contribution is -0.123. The van der Waals surface area contributed by atoms with Gasteiger partial charge in [-0.15, -0.1) is 0 Å². The lowest BCUT2D eigenvalue weighted by atomic mass is 9.69. The second-order valence-corrected chi connectivity index (χ2v) is 7.63. The van der Waals surface area contributed by atoms with Crippen molar-refractivity contribution in [3.05, 3.63) is 35.1 Å². The van der Waals surface area contributed by atoms with E-state index in [0.717, 1.165) is 42.7 Å². The molecule has 1 nitrogen and oxygen atoms in total. The monoisotopic (exact) mass is 290 g/mol.